The monoisotopic (exact) mass is 727 g/mol. The summed E-state index contributed by atoms with van der Waals surface area (Å²) in [6.45, 7) is -0.865. The van der Waals surface area contributed by atoms with Gasteiger partial charge in [-0.15, -0.1) is 23.2 Å². The van der Waals surface area contributed by atoms with Crippen molar-refractivity contribution in [1.82, 2.24) is 10.0 Å². The summed E-state index contributed by atoms with van der Waals surface area (Å²) >= 11 is 42.4. The fraction of sp³-hybridized carbons (Fsp3) is 0.250. The molecule has 2 aromatic carbocycles. The van der Waals surface area contributed by atoms with Gasteiger partial charge in [0.15, 0.2) is 10.1 Å². The number of nitro benzene ring substituents is 1. The summed E-state index contributed by atoms with van der Waals surface area (Å²) in [6, 6.07) is 10.9. The molecule has 3 amide bonds. The zero-order valence-electron chi connectivity index (χ0n) is 19.4. The van der Waals surface area contributed by atoms with Crippen molar-refractivity contribution in [2.45, 2.75) is 14.1 Å². The fourth-order valence-electron chi connectivity index (χ4n) is 5.27. The van der Waals surface area contributed by atoms with Gasteiger partial charge in [0.2, 0.25) is 0 Å². The van der Waals surface area contributed by atoms with E-state index in [-0.39, 0.29) is 15.6 Å². The number of halogens is 7. The van der Waals surface area contributed by atoms with Gasteiger partial charge >= 0.3 is 0 Å². The average Bonchev–Trinajstić information content (AvgIpc) is 3.30. The van der Waals surface area contributed by atoms with Gasteiger partial charge in [-0.25, -0.2) is 5.01 Å². The number of hydrazine groups is 1. The molecule has 208 valence electrons. The standard InChI is InChI=1S/C24H12BrCl6N3O6/c25-11-7-5-10(6-8-11)14(35)9-32(19(36)12-3-1-2-4-13(12)34(39)40)33-20(37)15-16(21(33)38)23(29)18(27)17(26)22(15,28)24(23,30)31/h1-8,15-16H,9H2/t15-,16-,22+,23+/m0/s1. The summed E-state index contributed by atoms with van der Waals surface area (Å²) in [4.78, 5) is 61.4. The molecule has 9 nitrogen and oxygen atoms in total. The molecule has 1 saturated heterocycles. The van der Waals surface area contributed by atoms with E-state index < -0.39 is 72.1 Å². The number of amides is 3. The Morgan fingerprint density at radius 2 is 1.43 bits per heavy atom. The number of carbonyl (C=O) groups excluding carboxylic acids is 4. The molecule has 2 fully saturated rings. The molecule has 4 atom stereocenters. The van der Waals surface area contributed by atoms with E-state index in [4.69, 9.17) is 69.6 Å². The van der Waals surface area contributed by atoms with Crippen molar-refractivity contribution in [3.05, 3.63) is 84.3 Å². The highest BCUT2D eigenvalue weighted by Crippen LogP contribution is 2.77. The van der Waals surface area contributed by atoms with Crippen LogP contribution in [0.3, 0.4) is 0 Å². The number of alkyl halides is 4. The summed E-state index contributed by atoms with van der Waals surface area (Å²) < 4.78 is -1.55. The van der Waals surface area contributed by atoms with Gasteiger partial charge in [0.25, 0.3) is 23.4 Å². The van der Waals surface area contributed by atoms with Gasteiger partial charge in [0, 0.05) is 16.1 Å². The number of allylic oxidation sites excluding steroid dienone is 2. The Kier molecular flexibility index (Phi) is 7.27. The van der Waals surface area contributed by atoms with Gasteiger partial charge in [-0.1, -0.05) is 86.6 Å². The third kappa shape index (κ3) is 3.73. The van der Waals surface area contributed by atoms with Crippen molar-refractivity contribution in [1.29, 1.82) is 0 Å². The topological polar surface area (TPSA) is 118 Å². The Balaban J connectivity index is 1.63. The first-order chi connectivity index (χ1) is 18.6. The van der Waals surface area contributed by atoms with E-state index >= 15 is 0 Å². The minimum absolute atomic E-state index is 0.124. The van der Waals surface area contributed by atoms with Crippen molar-refractivity contribution in [3.8, 4) is 0 Å². The Labute approximate surface area is 264 Å². The zero-order valence-corrected chi connectivity index (χ0v) is 25.5. The lowest BCUT2D eigenvalue weighted by molar-refractivity contribution is -0.385. The number of carbonyl (C=O) groups is 4. The van der Waals surface area contributed by atoms with Crippen LogP contribution in [0.4, 0.5) is 5.69 Å². The van der Waals surface area contributed by atoms with Crippen LogP contribution < -0.4 is 0 Å². The molecule has 2 aromatic rings. The Morgan fingerprint density at radius 3 is 1.93 bits per heavy atom. The van der Waals surface area contributed by atoms with Gasteiger partial charge in [0.05, 0.1) is 26.8 Å². The second kappa shape index (κ2) is 9.83. The predicted molar refractivity (Wildman–Crippen MR) is 152 cm³/mol. The number of para-hydroxylation sites is 1. The maximum absolute atomic E-state index is 13.9. The molecule has 0 spiro atoms. The second-order valence-corrected chi connectivity index (χ2v) is 13.3. The molecule has 3 aliphatic rings. The van der Waals surface area contributed by atoms with Crippen LogP contribution in [0.1, 0.15) is 20.7 Å². The maximum Gasteiger partial charge on any atom is 0.282 e. The molecule has 1 heterocycles. The zero-order chi connectivity index (χ0) is 29.5. The molecule has 1 saturated carbocycles. The van der Waals surface area contributed by atoms with Crippen LogP contribution in [0, 0.1) is 22.0 Å². The first-order valence-electron chi connectivity index (χ1n) is 11.2. The highest BCUT2D eigenvalue weighted by Gasteiger charge is 2.88. The Bertz CT molecular complexity index is 1520. The van der Waals surface area contributed by atoms with Crippen molar-refractivity contribution in [2.24, 2.45) is 11.8 Å². The van der Waals surface area contributed by atoms with Crippen molar-refractivity contribution in [2.75, 3.05) is 6.54 Å². The minimum atomic E-state index is -2.22. The number of imide groups is 1. The number of nitrogens with zero attached hydrogens (tertiary/aromatic N) is 3. The van der Waals surface area contributed by atoms with Crippen LogP contribution in [0.15, 0.2) is 63.1 Å². The second-order valence-electron chi connectivity index (χ2n) is 9.14. The molecule has 0 radical (unpaired) electrons. The van der Waals surface area contributed by atoms with Gasteiger partial charge < -0.3 is 0 Å². The van der Waals surface area contributed by atoms with E-state index in [1.165, 1.54) is 24.3 Å². The molecular formula is C24H12BrCl6N3O6. The third-order valence-corrected chi connectivity index (χ3v) is 11.9. The number of fused-ring (bicyclic) bond motifs is 5. The molecule has 1 aliphatic heterocycles. The van der Waals surface area contributed by atoms with Crippen LogP contribution in [0.25, 0.3) is 0 Å². The summed E-state index contributed by atoms with van der Waals surface area (Å²) in [7, 11) is 0. The number of rotatable bonds is 6. The SMILES string of the molecule is O=C(CN(C(=O)c1ccccc1[N+](=O)[O-])N1C(=O)[C@@H]2[C@@H](C1=O)[C@@]1(Cl)C(Cl)=C(Cl)[C@@]2(Cl)C1(Cl)Cl)c1ccc(Br)cc1. The summed E-state index contributed by atoms with van der Waals surface area (Å²) in [6.07, 6.45) is 0. The first-order valence-corrected chi connectivity index (χ1v) is 14.2. The highest BCUT2D eigenvalue weighted by atomic mass is 79.9. The minimum Gasteiger partial charge on any atom is -0.292 e. The molecule has 0 aromatic heterocycles. The average molecular weight is 731 g/mol. The number of hydrogen-bond acceptors (Lipinski definition) is 6. The van der Waals surface area contributed by atoms with E-state index in [2.05, 4.69) is 15.9 Å². The Morgan fingerprint density at radius 1 is 0.925 bits per heavy atom. The Hall–Kier alpha value is -1.92. The smallest absolute Gasteiger partial charge is 0.282 e. The summed E-state index contributed by atoms with van der Waals surface area (Å²) in [5.74, 6) is -7.26. The van der Waals surface area contributed by atoms with E-state index in [9.17, 15) is 29.3 Å². The lowest BCUT2D eigenvalue weighted by Gasteiger charge is -2.36. The molecule has 5 rings (SSSR count). The number of hydrogen-bond donors (Lipinski definition) is 0. The molecule has 16 heteroatoms. The highest BCUT2D eigenvalue weighted by molar-refractivity contribution is 9.10. The summed E-state index contributed by atoms with van der Waals surface area (Å²) in [5.41, 5.74) is -0.987. The molecule has 40 heavy (non-hydrogen) atoms. The van der Waals surface area contributed by atoms with Crippen LogP contribution in [0.5, 0.6) is 0 Å². The van der Waals surface area contributed by atoms with Gasteiger partial charge in [-0.2, -0.15) is 5.01 Å². The molecule has 2 aliphatic carbocycles. The fourth-order valence-corrected chi connectivity index (χ4v) is 8.46. The van der Waals surface area contributed by atoms with E-state index in [1.54, 1.807) is 12.1 Å². The number of ketones is 1. The van der Waals surface area contributed by atoms with Gasteiger partial charge in [-0.05, 0) is 18.2 Å². The van der Waals surface area contributed by atoms with Gasteiger partial charge in [-0.3, -0.25) is 29.3 Å². The molecule has 0 N–H and O–H groups in total. The molecular weight excluding hydrogens is 719 g/mol. The number of Topliss-reactive ketones (excluding diaryl/α,β-unsaturated/α-hetero) is 1. The molecule has 2 bridgehead atoms. The number of benzene rings is 2. The number of nitro groups is 1. The summed E-state index contributed by atoms with van der Waals surface area (Å²) in [5, 5.41) is 11.9. The lowest BCUT2D eigenvalue weighted by Crippen LogP contribution is -2.56. The van der Waals surface area contributed by atoms with Crippen LogP contribution in [-0.2, 0) is 9.59 Å². The molecule has 0 unspecified atom stereocenters. The maximum atomic E-state index is 13.9. The third-order valence-electron chi connectivity index (χ3n) is 7.15. The van der Waals surface area contributed by atoms with Crippen molar-refractivity contribution < 1.29 is 24.1 Å². The predicted octanol–water partition coefficient (Wildman–Crippen LogP) is 6.04. The quantitative estimate of drug-likeness (QED) is 0.118. The first kappa shape index (κ1) is 29.6. The van der Waals surface area contributed by atoms with Gasteiger partial charge in [0.1, 0.15) is 21.9 Å². The van der Waals surface area contributed by atoms with Crippen LogP contribution in [-0.4, -0.2) is 59.1 Å². The lowest BCUT2D eigenvalue weighted by atomic mass is 9.84. The van der Waals surface area contributed by atoms with E-state index in [0.717, 1.165) is 12.1 Å². The van der Waals surface area contributed by atoms with Crippen LogP contribution in [0.2, 0.25) is 0 Å². The van der Waals surface area contributed by atoms with Crippen molar-refractivity contribution in [3.63, 3.8) is 0 Å². The van der Waals surface area contributed by atoms with E-state index in [0.29, 0.717) is 14.5 Å². The largest absolute Gasteiger partial charge is 0.292 e. The van der Waals surface area contributed by atoms with Crippen LogP contribution >= 0.6 is 85.5 Å². The van der Waals surface area contributed by atoms with E-state index in [1.807, 2.05) is 0 Å². The normalized spacial score (nSPS) is 28.2. The van der Waals surface area contributed by atoms with Crippen molar-refractivity contribution >= 4 is 115 Å².